The summed E-state index contributed by atoms with van der Waals surface area (Å²) in [4.78, 5) is 23.1. The van der Waals surface area contributed by atoms with E-state index in [1.54, 1.807) is 0 Å². The molecule has 0 spiro atoms. The molecule has 0 fully saturated rings. The zero-order valence-electron chi connectivity index (χ0n) is 10.8. The molecule has 17 heavy (non-hydrogen) atoms. The van der Waals surface area contributed by atoms with E-state index in [2.05, 4.69) is 0 Å². The Bertz CT molecular complexity index is 208. The van der Waals surface area contributed by atoms with Gasteiger partial charge in [0.2, 0.25) is 0 Å². The molecular formula is C10H20Cl2N2O2Zr. The molecule has 0 aromatic carbocycles. The van der Waals surface area contributed by atoms with E-state index in [4.69, 9.17) is 0 Å². The topological polar surface area (TPSA) is 40.6 Å². The van der Waals surface area contributed by atoms with E-state index in [0.29, 0.717) is 12.8 Å². The molecule has 0 aliphatic carbocycles. The van der Waals surface area contributed by atoms with Gasteiger partial charge >= 0.3 is 105 Å². The Morgan fingerprint density at radius 2 is 1.12 bits per heavy atom. The summed E-state index contributed by atoms with van der Waals surface area (Å²) in [7, 11) is 0. The smallest absolute Gasteiger partial charge is 1.00 e. The number of nitrogens with zero attached hydrogens (tertiary/aromatic N) is 2. The van der Waals surface area contributed by atoms with Crippen molar-refractivity contribution in [3.05, 3.63) is 0 Å². The minimum absolute atomic E-state index is 0. The molecular weight excluding hydrogens is 342 g/mol. The van der Waals surface area contributed by atoms with E-state index in [0.717, 1.165) is 13.1 Å². The first-order valence-electron chi connectivity index (χ1n) is 5.47. The van der Waals surface area contributed by atoms with Crippen molar-refractivity contribution in [2.45, 2.75) is 40.5 Å². The number of hydrogen-bond acceptors (Lipinski definition) is 2. The molecule has 0 rings (SSSR count). The molecule has 0 aromatic heterocycles. The van der Waals surface area contributed by atoms with E-state index in [1.165, 1.54) is 0 Å². The Labute approximate surface area is 129 Å². The van der Waals surface area contributed by atoms with Crippen LogP contribution in [-0.2, 0) is 33.4 Å². The predicted octanol–water partition coefficient (Wildman–Crippen LogP) is -4.58. The maximum absolute atomic E-state index is 11.5. The van der Waals surface area contributed by atoms with Crippen LogP contribution in [0.1, 0.15) is 40.5 Å². The molecule has 0 saturated carbocycles. The Morgan fingerprint density at radius 1 is 0.824 bits per heavy atom. The predicted molar refractivity (Wildman–Crippen MR) is 55.4 cm³/mol. The van der Waals surface area contributed by atoms with Crippen LogP contribution in [0.25, 0.3) is 0 Å². The maximum Gasteiger partial charge on any atom is -1.00 e. The Morgan fingerprint density at radius 3 is 1.29 bits per heavy atom. The summed E-state index contributed by atoms with van der Waals surface area (Å²) in [6.45, 7) is 9.13. The number of carbonyl (C=O) groups excluding carboxylic acids is 2. The molecule has 2 amide bonds. The fourth-order valence-electron chi connectivity index (χ4n) is 1.13. The van der Waals surface area contributed by atoms with Crippen molar-refractivity contribution in [1.82, 2.24) is 5.69 Å². The molecule has 0 N–H and O–H groups in total. The van der Waals surface area contributed by atoms with Crippen LogP contribution >= 0.6 is 0 Å². The van der Waals surface area contributed by atoms with Gasteiger partial charge in [-0.25, -0.2) is 0 Å². The van der Waals surface area contributed by atoms with Crippen LogP contribution in [0.5, 0.6) is 0 Å². The molecule has 0 radical (unpaired) electrons. The van der Waals surface area contributed by atoms with E-state index >= 15 is 0 Å². The van der Waals surface area contributed by atoms with Gasteiger partial charge in [-0.15, -0.1) is 0 Å². The molecule has 0 aliphatic rings. The molecule has 0 aromatic rings. The van der Waals surface area contributed by atoms with Gasteiger partial charge in [-0.3, -0.25) is 0 Å². The molecule has 0 heterocycles. The summed E-state index contributed by atoms with van der Waals surface area (Å²) in [6, 6.07) is 0. The maximum atomic E-state index is 11.5. The van der Waals surface area contributed by atoms with Crippen LogP contribution in [0, 0.1) is 0 Å². The Hall–Kier alpha value is 0.403. The molecule has 0 unspecified atom stereocenters. The fourth-order valence-corrected chi connectivity index (χ4v) is 3.87. The molecule has 0 atom stereocenters. The summed E-state index contributed by atoms with van der Waals surface area (Å²) < 4.78 is 3.75. The second-order valence-corrected chi connectivity index (χ2v) is 6.23. The number of carbonyl (C=O) groups is 2. The Kier molecular flexibility index (Phi) is 17.1. The van der Waals surface area contributed by atoms with Gasteiger partial charge in [0.15, 0.2) is 0 Å². The Balaban J connectivity index is -0.000000980. The van der Waals surface area contributed by atoms with Gasteiger partial charge in [0.05, 0.1) is 0 Å². The van der Waals surface area contributed by atoms with Crippen LogP contribution in [0.3, 0.4) is 0 Å². The molecule has 0 bridgehead atoms. The number of hydrogen-bond donors (Lipinski definition) is 0. The fraction of sp³-hybridized carbons (Fsp3) is 0.800. The second-order valence-electron chi connectivity index (χ2n) is 3.08. The van der Waals surface area contributed by atoms with Gasteiger partial charge in [-0.1, -0.05) is 0 Å². The number of rotatable bonds is 6. The first-order valence-corrected chi connectivity index (χ1v) is 7.67. The van der Waals surface area contributed by atoms with Gasteiger partial charge in [0, 0.05) is 0 Å². The van der Waals surface area contributed by atoms with Crippen LogP contribution in [0.15, 0.2) is 0 Å². The van der Waals surface area contributed by atoms with E-state index in [9.17, 15) is 9.59 Å². The second kappa shape index (κ2) is 12.8. The van der Waals surface area contributed by atoms with Crippen molar-refractivity contribution in [1.29, 1.82) is 0 Å². The van der Waals surface area contributed by atoms with Crippen LogP contribution in [-0.4, -0.2) is 30.6 Å². The van der Waals surface area contributed by atoms with Crippen LogP contribution in [0.2, 0.25) is 0 Å². The van der Waals surface area contributed by atoms with E-state index in [1.807, 2.05) is 33.4 Å². The molecule has 100 valence electrons. The van der Waals surface area contributed by atoms with Crippen molar-refractivity contribution >= 4 is 11.8 Å². The summed E-state index contributed by atoms with van der Waals surface area (Å²) in [5.74, 6) is 0.345. The van der Waals surface area contributed by atoms with Gasteiger partial charge in [0.25, 0.3) is 0 Å². The average molecular weight is 362 g/mol. The molecule has 0 aliphatic heterocycles. The monoisotopic (exact) mass is 360 g/mol. The van der Waals surface area contributed by atoms with Crippen LogP contribution in [0.4, 0.5) is 0 Å². The third kappa shape index (κ3) is 8.17. The summed E-state index contributed by atoms with van der Waals surface area (Å²) in [6.07, 6.45) is 1.07. The zero-order valence-corrected chi connectivity index (χ0v) is 14.8. The summed E-state index contributed by atoms with van der Waals surface area (Å²) >= 11 is -1.21. The quantitative estimate of drug-likeness (QED) is 0.477. The molecule has 4 nitrogen and oxygen atoms in total. The summed E-state index contributed by atoms with van der Waals surface area (Å²) in [5, 5.41) is 0. The third-order valence-corrected chi connectivity index (χ3v) is 6.05. The van der Waals surface area contributed by atoms with Gasteiger partial charge in [0.1, 0.15) is 0 Å². The summed E-state index contributed by atoms with van der Waals surface area (Å²) in [5.41, 5.74) is 0. The third-order valence-electron chi connectivity index (χ3n) is 2.08. The minimum Gasteiger partial charge on any atom is -1.00 e. The first kappa shape index (κ1) is 22.6. The molecule has 0 saturated heterocycles. The largest absolute Gasteiger partial charge is 1.00 e. The van der Waals surface area contributed by atoms with Crippen molar-refractivity contribution in [3.63, 3.8) is 0 Å². The van der Waals surface area contributed by atoms with E-state index < -0.39 is 23.8 Å². The van der Waals surface area contributed by atoms with Crippen LogP contribution < -0.4 is 24.8 Å². The number of halogens is 2. The molecule has 7 heteroatoms. The zero-order chi connectivity index (χ0) is 11.8. The van der Waals surface area contributed by atoms with Gasteiger partial charge < -0.3 is 24.8 Å². The van der Waals surface area contributed by atoms with Crippen molar-refractivity contribution in [2.75, 3.05) is 13.1 Å². The standard InChI is InChI=1S/2C5H11NO.2ClH.Zr/c2*1-3-5(7)6-4-2;;;/h2*3-4H2,1-2H3,(H,6,7);2*1H;/q;;;;+4/p-4. The average Bonchev–Trinajstić information content (AvgIpc) is 2.28. The number of amides is 2. The SMILES string of the molecule is CCC(=O)[N](CC)[Zr+2][N](CC)C(=O)CC.[Cl-].[Cl-]. The van der Waals surface area contributed by atoms with Crippen molar-refractivity contribution in [2.24, 2.45) is 0 Å². The van der Waals surface area contributed by atoms with E-state index in [-0.39, 0.29) is 36.6 Å². The van der Waals surface area contributed by atoms with Gasteiger partial charge in [-0.2, -0.15) is 0 Å². The minimum atomic E-state index is -1.21. The first-order chi connectivity index (χ1) is 7.10. The van der Waals surface area contributed by atoms with Crippen molar-refractivity contribution < 1.29 is 58.2 Å². The van der Waals surface area contributed by atoms with Gasteiger partial charge in [-0.05, 0) is 0 Å². The van der Waals surface area contributed by atoms with Crippen molar-refractivity contribution in [3.8, 4) is 0 Å². The normalized spacial score (nSPS) is 8.24.